The van der Waals surface area contributed by atoms with Crippen LogP contribution in [0.4, 0.5) is 11.4 Å². The molecule has 2 aromatic rings. The normalized spacial score (nSPS) is 18.8. The van der Waals surface area contributed by atoms with Gasteiger partial charge in [-0.3, -0.25) is 4.90 Å². The summed E-state index contributed by atoms with van der Waals surface area (Å²) in [5.41, 5.74) is 9.36. The van der Waals surface area contributed by atoms with Gasteiger partial charge in [-0.1, -0.05) is 11.6 Å². The highest BCUT2D eigenvalue weighted by Crippen LogP contribution is 2.44. The Morgan fingerprint density at radius 2 is 1.88 bits per heavy atom. The highest BCUT2D eigenvalue weighted by molar-refractivity contribution is 6.30. The van der Waals surface area contributed by atoms with E-state index >= 15 is 0 Å². The quantitative estimate of drug-likeness (QED) is 0.818. The molecule has 25 heavy (non-hydrogen) atoms. The minimum atomic E-state index is 0.245. The molecule has 1 spiro atoms. The predicted octanol–water partition coefficient (Wildman–Crippen LogP) is 3.76. The number of piperidine rings is 1. The summed E-state index contributed by atoms with van der Waals surface area (Å²) in [5.74, 6) is 0.881. The Balaban J connectivity index is 1.31. The van der Waals surface area contributed by atoms with Crippen molar-refractivity contribution in [2.75, 3.05) is 43.8 Å². The van der Waals surface area contributed by atoms with Crippen molar-refractivity contribution >= 4 is 23.0 Å². The molecule has 2 heterocycles. The molecule has 2 aliphatic heterocycles. The average Bonchev–Trinajstić information content (AvgIpc) is 2.96. The Kier molecular flexibility index (Phi) is 4.48. The van der Waals surface area contributed by atoms with E-state index in [1.807, 2.05) is 30.3 Å². The number of fused-ring (bicyclic) bond motifs is 2. The summed E-state index contributed by atoms with van der Waals surface area (Å²) in [6.07, 6.45) is 2.32. The van der Waals surface area contributed by atoms with Crippen LogP contribution in [0.25, 0.3) is 0 Å². The zero-order valence-corrected chi connectivity index (χ0v) is 15.1. The van der Waals surface area contributed by atoms with Crippen LogP contribution in [0.3, 0.4) is 0 Å². The molecule has 0 atom stereocenters. The molecular weight excluding hydrogens is 334 g/mol. The van der Waals surface area contributed by atoms with Gasteiger partial charge in [0.15, 0.2) is 0 Å². The third-order valence-corrected chi connectivity index (χ3v) is 5.77. The Hall–Kier alpha value is -1.91. The van der Waals surface area contributed by atoms with E-state index in [2.05, 4.69) is 22.3 Å². The van der Waals surface area contributed by atoms with Gasteiger partial charge in [-0.15, -0.1) is 0 Å². The van der Waals surface area contributed by atoms with Crippen LogP contribution >= 0.6 is 11.6 Å². The standard InChI is InChI=1S/C20H24ClN3O/c21-15-1-6-19-18(13-15)20(14-23-19)7-9-24(10-8-20)11-12-25-17-4-2-16(22)3-5-17/h1-6,13,23H,7-12,14,22H2. The SMILES string of the molecule is Nc1ccc(OCCN2CCC3(CC2)CNc2ccc(Cl)cc23)cc1. The van der Waals surface area contributed by atoms with E-state index in [0.29, 0.717) is 6.61 Å². The maximum absolute atomic E-state index is 6.23. The summed E-state index contributed by atoms with van der Waals surface area (Å²) in [7, 11) is 0. The van der Waals surface area contributed by atoms with Gasteiger partial charge in [0.25, 0.3) is 0 Å². The number of hydrogen-bond donors (Lipinski definition) is 2. The van der Waals surface area contributed by atoms with Crippen molar-refractivity contribution in [3.8, 4) is 5.75 Å². The number of likely N-dealkylation sites (tertiary alicyclic amines) is 1. The lowest BCUT2D eigenvalue weighted by Gasteiger charge is -2.39. The summed E-state index contributed by atoms with van der Waals surface area (Å²) < 4.78 is 5.83. The van der Waals surface area contributed by atoms with Gasteiger partial charge in [0.1, 0.15) is 12.4 Å². The fourth-order valence-corrected chi connectivity index (χ4v) is 4.15. The molecule has 0 amide bonds. The number of nitrogens with two attached hydrogens (primary N) is 1. The van der Waals surface area contributed by atoms with Crippen molar-refractivity contribution in [3.63, 3.8) is 0 Å². The van der Waals surface area contributed by atoms with E-state index in [-0.39, 0.29) is 5.41 Å². The Morgan fingerprint density at radius 1 is 1.12 bits per heavy atom. The minimum absolute atomic E-state index is 0.245. The zero-order valence-electron chi connectivity index (χ0n) is 14.3. The van der Waals surface area contributed by atoms with E-state index in [0.717, 1.165) is 55.5 Å². The molecule has 1 saturated heterocycles. The van der Waals surface area contributed by atoms with Gasteiger partial charge >= 0.3 is 0 Å². The van der Waals surface area contributed by atoms with Crippen LogP contribution in [0.1, 0.15) is 18.4 Å². The highest BCUT2D eigenvalue weighted by Gasteiger charge is 2.41. The topological polar surface area (TPSA) is 50.5 Å². The second-order valence-electron chi connectivity index (χ2n) is 7.08. The second kappa shape index (κ2) is 6.77. The predicted molar refractivity (Wildman–Crippen MR) is 104 cm³/mol. The molecular formula is C20H24ClN3O. The smallest absolute Gasteiger partial charge is 0.119 e. The average molecular weight is 358 g/mol. The fraction of sp³-hybridized carbons (Fsp3) is 0.400. The van der Waals surface area contributed by atoms with Crippen molar-refractivity contribution in [3.05, 3.63) is 53.1 Å². The first-order valence-electron chi connectivity index (χ1n) is 8.89. The Bertz CT molecular complexity index is 739. The molecule has 0 saturated carbocycles. The Labute approximate surface area is 153 Å². The molecule has 0 radical (unpaired) electrons. The van der Waals surface area contributed by atoms with Crippen LogP contribution in [-0.4, -0.2) is 37.7 Å². The first-order valence-corrected chi connectivity index (χ1v) is 9.27. The molecule has 3 N–H and O–H groups in total. The summed E-state index contributed by atoms with van der Waals surface area (Å²) in [4.78, 5) is 2.49. The van der Waals surface area contributed by atoms with Gasteiger partial charge in [0.2, 0.25) is 0 Å². The molecule has 0 aromatic heterocycles. The van der Waals surface area contributed by atoms with E-state index in [4.69, 9.17) is 22.1 Å². The van der Waals surface area contributed by atoms with E-state index in [1.54, 1.807) is 0 Å². The highest BCUT2D eigenvalue weighted by atomic mass is 35.5. The van der Waals surface area contributed by atoms with Crippen LogP contribution in [0.2, 0.25) is 5.02 Å². The number of nitrogens with one attached hydrogen (secondary N) is 1. The maximum Gasteiger partial charge on any atom is 0.119 e. The molecule has 132 valence electrons. The number of halogens is 1. The number of nitrogens with zero attached hydrogens (tertiary/aromatic N) is 1. The van der Waals surface area contributed by atoms with Crippen LogP contribution in [-0.2, 0) is 5.41 Å². The van der Waals surface area contributed by atoms with E-state index in [9.17, 15) is 0 Å². The van der Waals surface area contributed by atoms with Gasteiger partial charge in [-0.05, 0) is 74.0 Å². The summed E-state index contributed by atoms with van der Waals surface area (Å²) >= 11 is 6.23. The third-order valence-electron chi connectivity index (χ3n) is 5.54. The summed E-state index contributed by atoms with van der Waals surface area (Å²) in [6, 6.07) is 13.8. The molecule has 4 rings (SSSR count). The fourth-order valence-electron chi connectivity index (χ4n) is 3.98. The number of rotatable bonds is 4. The largest absolute Gasteiger partial charge is 0.492 e. The zero-order chi connectivity index (χ0) is 17.3. The van der Waals surface area contributed by atoms with Crippen molar-refractivity contribution in [2.45, 2.75) is 18.3 Å². The van der Waals surface area contributed by atoms with Crippen LogP contribution in [0.15, 0.2) is 42.5 Å². The number of ether oxygens (including phenoxy) is 1. The van der Waals surface area contributed by atoms with E-state index in [1.165, 1.54) is 11.3 Å². The lowest BCUT2D eigenvalue weighted by atomic mass is 9.74. The first kappa shape index (κ1) is 16.6. The van der Waals surface area contributed by atoms with E-state index < -0.39 is 0 Å². The summed E-state index contributed by atoms with van der Waals surface area (Å²) in [5, 5.41) is 4.39. The van der Waals surface area contributed by atoms with Crippen LogP contribution < -0.4 is 15.8 Å². The number of benzene rings is 2. The number of hydrogen-bond acceptors (Lipinski definition) is 4. The molecule has 0 unspecified atom stereocenters. The molecule has 0 aliphatic carbocycles. The molecule has 1 fully saturated rings. The third kappa shape index (κ3) is 3.42. The van der Waals surface area contributed by atoms with Gasteiger partial charge in [-0.2, -0.15) is 0 Å². The van der Waals surface area contributed by atoms with Crippen LogP contribution in [0.5, 0.6) is 5.75 Å². The molecule has 4 nitrogen and oxygen atoms in total. The first-order chi connectivity index (χ1) is 12.1. The number of nitrogen functional groups attached to an aromatic ring is 1. The monoisotopic (exact) mass is 357 g/mol. The minimum Gasteiger partial charge on any atom is -0.492 e. The van der Waals surface area contributed by atoms with Gasteiger partial charge in [0.05, 0.1) is 0 Å². The van der Waals surface area contributed by atoms with Gasteiger partial charge < -0.3 is 15.8 Å². The number of anilines is 2. The van der Waals surface area contributed by atoms with Gasteiger partial charge in [-0.25, -0.2) is 0 Å². The second-order valence-corrected chi connectivity index (χ2v) is 7.52. The molecule has 2 aromatic carbocycles. The molecule has 2 aliphatic rings. The molecule has 5 heteroatoms. The van der Waals surface area contributed by atoms with Crippen molar-refractivity contribution in [1.82, 2.24) is 4.90 Å². The van der Waals surface area contributed by atoms with Gasteiger partial charge in [0, 0.05) is 34.9 Å². The Morgan fingerprint density at radius 3 is 2.64 bits per heavy atom. The lowest BCUT2D eigenvalue weighted by Crippen LogP contribution is -2.44. The van der Waals surface area contributed by atoms with Crippen LogP contribution in [0, 0.1) is 0 Å². The lowest BCUT2D eigenvalue weighted by molar-refractivity contribution is 0.144. The molecule has 0 bridgehead atoms. The maximum atomic E-state index is 6.23. The van der Waals surface area contributed by atoms with Crippen molar-refractivity contribution in [2.24, 2.45) is 0 Å². The van der Waals surface area contributed by atoms with Crippen molar-refractivity contribution < 1.29 is 4.74 Å². The van der Waals surface area contributed by atoms with Crippen molar-refractivity contribution in [1.29, 1.82) is 0 Å². The summed E-state index contributed by atoms with van der Waals surface area (Å²) in [6.45, 7) is 4.88.